The highest BCUT2D eigenvalue weighted by molar-refractivity contribution is 5.71. The van der Waals surface area contributed by atoms with Crippen molar-refractivity contribution in [3.05, 3.63) is 71.8 Å². The van der Waals surface area contributed by atoms with E-state index in [9.17, 15) is 9.90 Å². The number of phenols is 1. The van der Waals surface area contributed by atoms with E-state index in [1.54, 1.807) is 13.0 Å². The van der Waals surface area contributed by atoms with Crippen LogP contribution in [-0.2, 0) is 11.2 Å². The SMILES string of the molecule is C=CC(Cc1ccccc1)c1ccc(C)c(OC(C)=O)c1O. The number of hydrogen-bond acceptors (Lipinski definition) is 3. The van der Waals surface area contributed by atoms with E-state index in [0.717, 1.165) is 17.5 Å². The quantitative estimate of drug-likeness (QED) is 0.512. The molecular weight excluding hydrogens is 276 g/mol. The van der Waals surface area contributed by atoms with Gasteiger partial charge in [0.15, 0.2) is 11.5 Å². The second kappa shape index (κ2) is 6.94. The molecule has 0 heterocycles. The van der Waals surface area contributed by atoms with Crippen LogP contribution in [0.25, 0.3) is 0 Å². The highest BCUT2D eigenvalue weighted by Crippen LogP contribution is 2.39. The van der Waals surface area contributed by atoms with Crippen LogP contribution in [0, 0.1) is 6.92 Å². The van der Waals surface area contributed by atoms with Crippen molar-refractivity contribution in [1.29, 1.82) is 0 Å². The number of benzene rings is 2. The summed E-state index contributed by atoms with van der Waals surface area (Å²) >= 11 is 0. The van der Waals surface area contributed by atoms with Crippen molar-refractivity contribution >= 4 is 5.97 Å². The van der Waals surface area contributed by atoms with Crippen LogP contribution < -0.4 is 4.74 Å². The molecule has 1 atom stereocenters. The Hall–Kier alpha value is -2.55. The first-order valence-corrected chi connectivity index (χ1v) is 7.20. The van der Waals surface area contributed by atoms with Crippen LogP contribution in [0.4, 0.5) is 0 Å². The van der Waals surface area contributed by atoms with Gasteiger partial charge in [0.25, 0.3) is 0 Å². The minimum atomic E-state index is -0.450. The molecule has 0 aliphatic carbocycles. The monoisotopic (exact) mass is 296 g/mol. The van der Waals surface area contributed by atoms with E-state index >= 15 is 0 Å². The molecule has 114 valence electrons. The Balaban J connectivity index is 2.37. The average molecular weight is 296 g/mol. The van der Waals surface area contributed by atoms with Gasteiger partial charge in [-0.1, -0.05) is 48.5 Å². The fourth-order valence-electron chi connectivity index (χ4n) is 2.45. The number of hydrogen-bond donors (Lipinski definition) is 1. The molecule has 3 heteroatoms. The first-order valence-electron chi connectivity index (χ1n) is 7.20. The van der Waals surface area contributed by atoms with E-state index < -0.39 is 5.97 Å². The molecule has 0 saturated heterocycles. The van der Waals surface area contributed by atoms with Gasteiger partial charge in [-0.2, -0.15) is 0 Å². The van der Waals surface area contributed by atoms with Crippen LogP contribution in [-0.4, -0.2) is 11.1 Å². The number of allylic oxidation sites excluding steroid dienone is 1. The molecule has 0 aromatic heterocycles. The fraction of sp³-hybridized carbons (Fsp3) is 0.211. The third kappa shape index (κ3) is 3.55. The van der Waals surface area contributed by atoms with E-state index in [-0.39, 0.29) is 17.4 Å². The van der Waals surface area contributed by atoms with Gasteiger partial charge in [0, 0.05) is 18.4 Å². The molecule has 0 aliphatic heterocycles. The van der Waals surface area contributed by atoms with Gasteiger partial charge in [0.05, 0.1) is 0 Å². The van der Waals surface area contributed by atoms with Crippen LogP contribution in [0.1, 0.15) is 29.5 Å². The molecular formula is C19H20O3. The van der Waals surface area contributed by atoms with Crippen molar-refractivity contribution in [1.82, 2.24) is 0 Å². The summed E-state index contributed by atoms with van der Waals surface area (Å²) in [7, 11) is 0. The molecule has 0 radical (unpaired) electrons. The minimum Gasteiger partial charge on any atom is -0.504 e. The standard InChI is InChI=1S/C19H20O3/c1-4-16(12-15-8-6-5-7-9-15)17-11-10-13(2)19(18(17)21)22-14(3)20/h4-11,16,21H,1,12H2,2-3H3. The van der Waals surface area contributed by atoms with E-state index in [1.807, 2.05) is 42.5 Å². The summed E-state index contributed by atoms with van der Waals surface area (Å²) in [6.45, 7) is 6.98. The topological polar surface area (TPSA) is 46.5 Å². The molecule has 0 aliphatic rings. The summed E-state index contributed by atoms with van der Waals surface area (Å²) in [4.78, 5) is 11.2. The van der Waals surface area contributed by atoms with E-state index in [0.29, 0.717) is 5.56 Å². The van der Waals surface area contributed by atoms with E-state index in [1.165, 1.54) is 6.92 Å². The Kier molecular flexibility index (Phi) is 4.99. The molecule has 3 nitrogen and oxygen atoms in total. The summed E-state index contributed by atoms with van der Waals surface area (Å²) < 4.78 is 5.14. The predicted molar refractivity (Wildman–Crippen MR) is 87.2 cm³/mol. The van der Waals surface area contributed by atoms with E-state index in [4.69, 9.17) is 4.74 Å². The largest absolute Gasteiger partial charge is 0.504 e. The maximum Gasteiger partial charge on any atom is 0.308 e. The number of aryl methyl sites for hydroxylation is 1. The predicted octanol–water partition coefficient (Wildman–Crippen LogP) is 4.14. The first kappa shape index (κ1) is 15.8. The zero-order chi connectivity index (χ0) is 16.1. The van der Waals surface area contributed by atoms with Crippen molar-refractivity contribution in [3.8, 4) is 11.5 Å². The molecule has 2 aromatic rings. The van der Waals surface area contributed by atoms with Crippen molar-refractivity contribution in [2.75, 3.05) is 0 Å². The third-order valence-corrected chi connectivity index (χ3v) is 3.59. The van der Waals surface area contributed by atoms with Gasteiger partial charge >= 0.3 is 5.97 Å². The van der Waals surface area contributed by atoms with Gasteiger partial charge in [-0.25, -0.2) is 0 Å². The maximum absolute atomic E-state index is 11.2. The average Bonchev–Trinajstić information content (AvgIpc) is 2.50. The lowest BCUT2D eigenvalue weighted by Gasteiger charge is -2.18. The molecule has 0 spiro atoms. The van der Waals surface area contributed by atoms with Gasteiger partial charge in [-0.15, -0.1) is 6.58 Å². The van der Waals surface area contributed by atoms with Gasteiger partial charge in [-0.05, 0) is 24.5 Å². The summed E-state index contributed by atoms with van der Waals surface area (Å²) in [6, 6.07) is 13.7. The number of phenolic OH excluding ortho intramolecular Hbond substituents is 1. The number of rotatable bonds is 5. The summed E-state index contributed by atoms with van der Waals surface area (Å²) in [5.41, 5.74) is 2.58. The summed E-state index contributed by atoms with van der Waals surface area (Å²) in [5, 5.41) is 10.5. The number of aromatic hydroxyl groups is 1. The maximum atomic E-state index is 11.2. The molecule has 1 N–H and O–H groups in total. The van der Waals surface area contributed by atoms with Crippen LogP contribution in [0.3, 0.4) is 0 Å². The number of carbonyl (C=O) groups is 1. The third-order valence-electron chi connectivity index (χ3n) is 3.59. The lowest BCUT2D eigenvalue weighted by molar-refractivity contribution is -0.132. The Morgan fingerprint density at radius 3 is 2.55 bits per heavy atom. The van der Waals surface area contributed by atoms with Crippen molar-refractivity contribution in [3.63, 3.8) is 0 Å². The lowest BCUT2D eigenvalue weighted by atomic mass is 9.90. The van der Waals surface area contributed by atoms with Crippen LogP contribution in [0.15, 0.2) is 55.1 Å². The lowest BCUT2D eigenvalue weighted by Crippen LogP contribution is -2.06. The molecule has 2 rings (SSSR count). The Bertz CT molecular complexity index is 675. The van der Waals surface area contributed by atoms with Crippen molar-refractivity contribution in [2.45, 2.75) is 26.2 Å². The highest BCUT2D eigenvalue weighted by atomic mass is 16.5. The van der Waals surface area contributed by atoms with Gasteiger partial charge < -0.3 is 9.84 Å². The van der Waals surface area contributed by atoms with Gasteiger partial charge in [0.2, 0.25) is 0 Å². The molecule has 1 unspecified atom stereocenters. The van der Waals surface area contributed by atoms with Crippen molar-refractivity contribution < 1.29 is 14.6 Å². The summed E-state index contributed by atoms with van der Waals surface area (Å²) in [5.74, 6) is -0.271. The van der Waals surface area contributed by atoms with Gasteiger partial charge in [0.1, 0.15) is 0 Å². The molecule has 0 bridgehead atoms. The second-order valence-corrected chi connectivity index (χ2v) is 5.27. The number of ether oxygens (including phenoxy) is 1. The van der Waals surface area contributed by atoms with Crippen LogP contribution >= 0.6 is 0 Å². The fourth-order valence-corrected chi connectivity index (χ4v) is 2.45. The smallest absolute Gasteiger partial charge is 0.308 e. The zero-order valence-electron chi connectivity index (χ0n) is 12.9. The minimum absolute atomic E-state index is 0.0102. The number of carbonyl (C=O) groups excluding carboxylic acids is 1. The first-order chi connectivity index (χ1) is 10.5. The van der Waals surface area contributed by atoms with E-state index in [2.05, 4.69) is 6.58 Å². The molecule has 22 heavy (non-hydrogen) atoms. The number of esters is 1. The van der Waals surface area contributed by atoms with Gasteiger partial charge in [-0.3, -0.25) is 4.79 Å². The molecule has 0 amide bonds. The van der Waals surface area contributed by atoms with Crippen LogP contribution in [0.5, 0.6) is 11.5 Å². The van der Waals surface area contributed by atoms with Crippen LogP contribution in [0.2, 0.25) is 0 Å². The molecule has 0 fully saturated rings. The van der Waals surface area contributed by atoms with Crippen molar-refractivity contribution in [2.24, 2.45) is 0 Å². The Morgan fingerprint density at radius 2 is 1.95 bits per heavy atom. The summed E-state index contributed by atoms with van der Waals surface area (Å²) in [6.07, 6.45) is 2.52. The second-order valence-electron chi connectivity index (χ2n) is 5.27. The Labute approximate surface area is 130 Å². The zero-order valence-corrected chi connectivity index (χ0v) is 12.9. The Morgan fingerprint density at radius 1 is 1.27 bits per heavy atom. The molecule has 2 aromatic carbocycles. The molecule has 0 saturated carbocycles. The highest BCUT2D eigenvalue weighted by Gasteiger charge is 2.19. The normalized spacial score (nSPS) is 11.7.